The molecule has 105 heavy (non-hydrogen) atoms. The number of carbonyl (C=O) groups excluding carboxylic acids is 1. The third kappa shape index (κ3) is 17.5. The van der Waals surface area contributed by atoms with E-state index in [1.807, 2.05) is 126 Å². The van der Waals surface area contributed by atoms with E-state index in [9.17, 15) is 25.0 Å². The number of amides is 1. The molecule has 0 radical (unpaired) electrons. The van der Waals surface area contributed by atoms with Gasteiger partial charge in [-0.15, -0.1) is 0 Å². The van der Waals surface area contributed by atoms with Crippen molar-refractivity contribution in [3.05, 3.63) is 210 Å². The van der Waals surface area contributed by atoms with Crippen molar-refractivity contribution in [3.63, 3.8) is 0 Å². The molecule has 0 aliphatic heterocycles. The highest BCUT2D eigenvalue weighted by Gasteiger charge is 2.30. The Morgan fingerprint density at radius 1 is 0.448 bits per heavy atom. The summed E-state index contributed by atoms with van der Waals surface area (Å²) in [7, 11) is 0. The van der Waals surface area contributed by atoms with E-state index < -0.39 is 6.09 Å². The lowest BCUT2D eigenvalue weighted by molar-refractivity contribution is -0.385. The van der Waals surface area contributed by atoms with Gasteiger partial charge in [-0.3, -0.25) is 25.5 Å². The highest BCUT2D eigenvalue weighted by molar-refractivity contribution is 9.11. The second-order valence-corrected chi connectivity index (χ2v) is 30.0. The van der Waals surface area contributed by atoms with Crippen LogP contribution < -0.4 is 30.0 Å². The standard InChI is InChI=1S/C24H27BrN2O3.C20H19BrN2O3.C20H21BrN2O.C20H20N2O3/c1-4-29-19-11-12-20-21(13-19)27(14-16-5-6-16)23(22(20)25)17-7-9-18(10-8-17)26-24(28)30-15(2)3;1-2-26-16-9-10-17-18(11-16)22(12-13-3-4-13)20(19(17)21)14-5-7-15(8-6-14)23(24)25;1-2-24-16-9-10-17-18(11-16)23(12-13-3-4-13)20(19(17)21)14-5-7-15(22)8-6-14;1-2-25-18-10-7-16-11-19(15-5-8-17(9-6-15)22(23)24)21(20(16)12-18)13-14-3-4-14/h7-13,15-16H,4-6,14H2,1-3H3,(H,26,28);5-11,13H,2-4,12H2,1H3;5-11,13H,2-4,12,22H2,1H3;5-12,14H,2-4,13H2,1H3. The number of nitrogens with zero attached hydrogens (tertiary/aromatic N) is 6. The summed E-state index contributed by atoms with van der Waals surface area (Å²) in [5.74, 6) is 6.49. The average Bonchev–Trinajstić information content (AvgIpc) is 1.66. The van der Waals surface area contributed by atoms with Crippen LogP contribution in [0.15, 0.2) is 189 Å². The maximum Gasteiger partial charge on any atom is 0.411 e. The van der Waals surface area contributed by atoms with Crippen LogP contribution in [0, 0.1) is 43.9 Å². The first-order valence-corrected chi connectivity index (χ1v) is 38.8. The minimum Gasteiger partial charge on any atom is -0.494 e. The fourth-order valence-corrected chi connectivity index (χ4v) is 15.8. The molecule has 8 aromatic carbocycles. The number of nitro groups is 2. The maximum atomic E-state index is 11.9. The van der Waals surface area contributed by atoms with Gasteiger partial charge >= 0.3 is 6.09 Å². The number of nitro benzene ring substituents is 2. The Bertz CT molecular complexity index is 5110. The van der Waals surface area contributed by atoms with Crippen LogP contribution in [0.4, 0.5) is 27.5 Å². The minimum atomic E-state index is -0.440. The molecule has 16 rings (SSSR count). The number of carbonyl (C=O) groups is 1. The number of anilines is 2. The number of fused-ring (bicyclic) bond motifs is 4. The summed E-state index contributed by atoms with van der Waals surface area (Å²) in [5, 5.41) is 29.3. The molecule has 21 heteroatoms. The molecular weight excluding hydrogens is 1520 g/mol. The van der Waals surface area contributed by atoms with E-state index in [1.54, 1.807) is 24.3 Å². The van der Waals surface area contributed by atoms with Crippen molar-refractivity contribution >= 4 is 120 Å². The third-order valence-electron chi connectivity index (χ3n) is 19.3. The zero-order chi connectivity index (χ0) is 73.6. The Balaban J connectivity index is 0.000000125. The maximum absolute atomic E-state index is 11.9. The normalized spacial score (nSPS) is 13.9. The molecule has 4 saturated carbocycles. The smallest absolute Gasteiger partial charge is 0.411 e. The molecule has 4 aliphatic rings. The molecule has 544 valence electrons. The number of nitrogen functional groups attached to an aromatic ring is 1. The van der Waals surface area contributed by atoms with Crippen LogP contribution in [0.25, 0.3) is 88.6 Å². The van der Waals surface area contributed by atoms with Crippen molar-refractivity contribution in [1.82, 2.24) is 18.3 Å². The Hall–Kier alpha value is -9.57. The van der Waals surface area contributed by atoms with Crippen LogP contribution >= 0.6 is 47.8 Å². The summed E-state index contributed by atoms with van der Waals surface area (Å²) in [6, 6.07) is 56.7. The average molecular weight is 1610 g/mol. The van der Waals surface area contributed by atoms with E-state index in [-0.39, 0.29) is 27.3 Å². The number of halogens is 3. The number of nitrogens with two attached hydrogens (primary N) is 1. The lowest BCUT2D eigenvalue weighted by atomic mass is 10.1. The highest BCUT2D eigenvalue weighted by Crippen LogP contribution is 2.47. The van der Waals surface area contributed by atoms with Crippen molar-refractivity contribution in [2.45, 2.75) is 125 Å². The first-order chi connectivity index (χ1) is 50.9. The molecule has 0 atom stereocenters. The molecule has 0 spiro atoms. The van der Waals surface area contributed by atoms with Gasteiger partial charge < -0.3 is 47.7 Å². The van der Waals surface area contributed by atoms with Crippen molar-refractivity contribution in [1.29, 1.82) is 0 Å². The van der Waals surface area contributed by atoms with Gasteiger partial charge in [0.1, 0.15) is 23.0 Å². The van der Waals surface area contributed by atoms with Crippen LogP contribution in [0.2, 0.25) is 0 Å². The van der Waals surface area contributed by atoms with Gasteiger partial charge in [0, 0.05) is 113 Å². The van der Waals surface area contributed by atoms with Gasteiger partial charge in [-0.1, -0.05) is 24.3 Å². The fourth-order valence-electron chi connectivity index (χ4n) is 13.4. The molecule has 4 aliphatic carbocycles. The summed E-state index contributed by atoms with van der Waals surface area (Å²) in [6.07, 6.45) is 9.66. The number of hydrogen-bond acceptors (Lipinski definition) is 11. The number of benzene rings is 8. The van der Waals surface area contributed by atoms with Gasteiger partial charge in [-0.05, 0) is 290 Å². The molecule has 4 heterocycles. The Morgan fingerprint density at radius 2 is 0.771 bits per heavy atom. The van der Waals surface area contributed by atoms with Crippen LogP contribution in [0.1, 0.15) is 92.9 Å². The summed E-state index contributed by atoms with van der Waals surface area (Å²) in [5.41, 5.74) is 21.1. The lowest BCUT2D eigenvalue weighted by Gasteiger charge is -2.13. The molecule has 0 bridgehead atoms. The van der Waals surface area contributed by atoms with E-state index in [2.05, 4.69) is 138 Å². The van der Waals surface area contributed by atoms with E-state index in [0.717, 1.165) is 142 Å². The van der Waals surface area contributed by atoms with Crippen molar-refractivity contribution in [2.75, 3.05) is 37.5 Å². The van der Waals surface area contributed by atoms with Crippen LogP contribution in [-0.4, -0.2) is 66.7 Å². The number of aromatic nitrogens is 4. The zero-order valence-electron chi connectivity index (χ0n) is 59.9. The van der Waals surface area contributed by atoms with Gasteiger partial charge in [0.25, 0.3) is 11.4 Å². The van der Waals surface area contributed by atoms with Gasteiger partial charge in [-0.25, -0.2) is 4.79 Å². The van der Waals surface area contributed by atoms with E-state index in [0.29, 0.717) is 38.0 Å². The van der Waals surface area contributed by atoms with Crippen LogP contribution in [0.5, 0.6) is 23.0 Å². The number of rotatable bonds is 24. The fraction of sp³-hybridized carbons (Fsp3) is 0.321. The molecule has 0 unspecified atom stereocenters. The van der Waals surface area contributed by atoms with Crippen LogP contribution in [-0.2, 0) is 30.9 Å². The predicted octanol–water partition coefficient (Wildman–Crippen LogP) is 23.1. The summed E-state index contributed by atoms with van der Waals surface area (Å²) in [6.45, 7) is 18.2. The third-order valence-corrected chi connectivity index (χ3v) is 21.7. The number of non-ortho nitro benzene ring substituents is 2. The highest BCUT2D eigenvalue weighted by atomic mass is 79.9. The minimum absolute atomic E-state index is 0.105. The second kappa shape index (κ2) is 32.8. The van der Waals surface area contributed by atoms with Crippen molar-refractivity contribution in [3.8, 4) is 68.0 Å². The molecule has 1 amide bonds. The van der Waals surface area contributed by atoms with Gasteiger partial charge in [0.15, 0.2) is 0 Å². The topological polar surface area (TPSA) is 207 Å². The summed E-state index contributed by atoms with van der Waals surface area (Å²) >= 11 is 11.5. The van der Waals surface area contributed by atoms with E-state index >= 15 is 0 Å². The van der Waals surface area contributed by atoms with Crippen molar-refractivity contribution < 1.29 is 38.3 Å². The molecule has 0 saturated heterocycles. The molecule has 12 aromatic rings. The SMILES string of the molecule is CCOc1ccc2c(Br)c(-c3ccc(N)cc3)n(CC3CC3)c2c1.CCOc1ccc2c(Br)c(-c3ccc(NC(=O)OC(C)C)cc3)n(CC3CC3)c2c1.CCOc1ccc2c(Br)c(-c3ccc([N+](=O)[O-])cc3)n(CC3CC3)c2c1.CCOc1ccc2cc(-c3ccc([N+](=O)[O-])cc3)n(CC3CC3)c2c1. The van der Waals surface area contributed by atoms with Crippen molar-refractivity contribution in [2.24, 2.45) is 23.7 Å². The van der Waals surface area contributed by atoms with E-state index in [4.69, 9.17) is 29.4 Å². The van der Waals surface area contributed by atoms with E-state index in [1.165, 1.54) is 84.4 Å². The number of ether oxygens (including phenoxy) is 5. The number of hydrogen-bond donors (Lipinski definition) is 2. The molecule has 4 fully saturated rings. The second-order valence-electron chi connectivity index (χ2n) is 27.6. The predicted molar refractivity (Wildman–Crippen MR) is 431 cm³/mol. The largest absolute Gasteiger partial charge is 0.494 e. The monoisotopic (exact) mass is 1600 g/mol. The molecule has 18 nitrogen and oxygen atoms in total. The summed E-state index contributed by atoms with van der Waals surface area (Å²) < 4.78 is 40.7. The summed E-state index contributed by atoms with van der Waals surface area (Å²) in [4.78, 5) is 33.0. The zero-order valence-corrected chi connectivity index (χ0v) is 64.7. The lowest BCUT2D eigenvalue weighted by Crippen LogP contribution is -2.17. The van der Waals surface area contributed by atoms with Gasteiger partial charge in [-0.2, -0.15) is 0 Å². The van der Waals surface area contributed by atoms with Gasteiger partial charge in [0.05, 0.1) is 94.9 Å². The Morgan fingerprint density at radius 3 is 1.11 bits per heavy atom. The molecule has 3 N–H and O–H groups in total. The Kier molecular flexibility index (Phi) is 23.1. The first kappa shape index (κ1) is 73.7. The molecule has 4 aromatic heterocycles. The van der Waals surface area contributed by atoms with Crippen LogP contribution in [0.3, 0.4) is 0 Å². The molecular formula is C84H87Br3N8O10. The number of nitrogens with one attached hydrogen (secondary N) is 1. The Labute approximate surface area is 636 Å². The quantitative estimate of drug-likeness (QED) is 0.0330. The first-order valence-electron chi connectivity index (χ1n) is 36.4. The van der Waals surface area contributed by atoms with Gasteiger partial charge in [0.2, 0.25) is 0 Å².